The Hall–Kier alpha value is -1.92. The maximum Gasteiger partial charge on any atom is 0.155 e. The molecule has 194 valence electrons. The molecule has 1 atom stereocenters. The molecule has 36 heavy (non-hydrogen) atoms. The standard InChI is InChI=1S/C28H34Cl3N3O2/c1-2-13-32-25-19-27-28(23-18-21(7-8-22(23)25)35-16-5-12-31)33-24-9-6-20(17-26(24)36-27)34(14-3-10-29)15-4-11-30/h6-9,17-20,32H,2-5,10-16H2,1H3. The van der Waals surface area contributed by atoms with Crippen molar-refractivity contribution < 1.29 is 9.47 Å². The Bertz CT molecular complexity index is 1120. The van der Waals surface area contributed by atoms with Crippen LogP contribution >= 0.6 is 34.8 Å². The van der Waals surface area contributed by atoms with E-state index in [0.29, 0.717) is 24.2 Å². The molecular formula is C28H34Cl3N3O2. The van der Waals surface area contributed by atoms with Crippen LogP contribution in [0.15, 0.2) is 53.2 Å². The minimum atomic E-state index is 0.118. The highest BCUT2D eigenvalue weighted by Crippen LogP contribution is 2.45. The smallest absolute Gasteiger partial charge is 0.155 e. The summed E-state index contributed by atoms with van der Waals surface area (Å²) in [5, 5.41) is 5.65. The van der Waals surface area contributed by atoms with E-state index in [4.69, 9.17) is 49.3 Å². The Morgan fingerprint density at radius 2 is 1.81 bits per heavy atom. The minimum absolute atomic E-state index is 0.118. The fraction of sp³-hybridized carbons (Fsp3) is 0.464. The van der Waals surface area contributed by atoms with Crippen LogP contribution in [0.4, 0.5) is 11.4 Å². The number of nitrogens with one attached hydrogen (secondary N) is 1. The Morgan fingerprint density at radius 3 is 2.53 bits per heavy atom. The molecular weight excluding hydrogens is 517 g/mol. The largest absolute Gasteiger partial charge is 0.494 e. The molecule has 2 aromatic carbocycles. The number of alkyl halides is 3. The van der Waals surface area contributed by atoms with E-state index in [1.54, 1.807) is 0 Å². The average molecular weight is 551 g/mol. The molecule has 1 unspecified atom stereocenters. The molecule has 1 heterocycles. The predicted molar refractivity (Wildman–Crippen MR) is 155 cm³/mol. The quantitative estimate of drug-likeness (QED) is 0.195. The lowest BCUT2D eigenvalue weighted by molar-refractivity contribution is 0.257. The lowest BCUT2D eigenvalue weighted by Crippen LogP contribution is -2.37. The summed E-state index contributed by atoms with van der Waals surface area (Å²) in [6, 6.07) is 8.33. The number of nitrogens with zero attached hydrogens (tertiary/aromatic N) is 2. The van der Waals surface area contributed by atoms with E-state index < -0.39 is 0 Å². The number of benzene rings is 2. The van der Waals surface area contributed by atoms with Crippen LogP contribution in [-0.2, 0) is 0 Å². The third-order valence-electron chi connectivity index (χ3n) is 6.21. The molecule has 0 fully saturated rings. The summed E-state index contributed by atoms with van der Waals surface area (Å²) in [6.07, 6.45) is 10.1. The van der Waals surface area contributed by atoms with Crippen LogP contribution in [0, 0.1) is 0 Å². The van der Waals surface area contributed by atoms with Crippen molar-refractivity contribution in [2.45, 2.75) is 38.6 Å². The second-order valence-corrected chi connectivity index (χ2v) is 10.0. The highest BCUT2D eigenvalue weighted by Gasteiger charge is 2.26. The third kappa shape index (κ3) is 6.49. The van der Waals surface area contributed by atoms with Crippen molar-refractivity contribution in [2.24, 2.45) is 4.99 Å². The Balaban J connectivity index is 1.69. The lowest BCUT2D eigenvalue weighted by atomic mass is 10.0. The monoisotopic (exact) mass is 549 g/mol. The molecule has 2 aromatic rings. The van der Waals surface area contributed by atoms with E-state index in [1.807, 2.05) is 6.07 Å². The van der Waals surface area contributed by atoms with Crippen molar-refractivity contribution >= 4 is 62.7 Å². The summed E-state index contributed by atoms with van der Waals surface area (Å²) in [5.41, 5.74) is 2.69. The molecule has 0 saturated carbocycles. The van der Waals surface area contributed by atoms with Crippen LogP contribution in [0.3, 0.4) is 0 Å². The summed E-state index contributed by atoms with van der Waals surface area (Å²) in [4.78, 5) is 7.44. The highest BCUT2D eigenvalue weighted by molar-refractivity contribution is 6.18. The van der Waals surface area contributed by atoms with E-state index in [0.717, 1.165) is 90.4 Å². The summed E-state index contributed by atoms with van der Waals surface area (Å²) in [6.45, 7) is 5.43. The number of fused-ring (bicyclic) bond motifs is 4. The van der Waals surface area contributed by atoms with Crippen molar-refractivity contribution in [3.63, 3.8) is 0 Å². The minimum Gasteiger partial charge on any atom is -0.494 e. The molecule has 1 N–H and O–H groups in total. The van der Waals surface area contributed by atoms with Crippen LogP contribution in [0.25, 0.3) is 10.8 Å². The van der Waals surface area contributed by atoms with Gasteiger partial charge in [-0.05, 0) is 56.0 Å². The summed E-state index contributed by atoms with van der Waals surface area (Å²) >= 11 is 17.8. The molecule has 1 aliphatic heterocycles. The molecule has 5 nitrogen and oxygen atoms in total. The molecule has 2 aliphatic rings. The van der Waals surface area contributed by atoms with Gasteiger partial charge in [-0.1, -0.05) is 13.0 Å². The van der Waals surface area contributed by atoms with Crippen molar-refractivity contribution in [1.29, 1.82) is 0 Å². The molecule has 0 amide bonds. The number of allylic oxidation sites excluding steroid dienone is 1. The van der Waals surface area contributed by atoms with Gasteiger partial charge >= 0.3 is 0 Å². The molecule has 0 spiro atoms. The molecule has 0 saturated heterocycles. The van der Waals surface area contributed by atoms with Gasteiger partial charge in [0.25, 0.3) is 0 Å². The second kappa shape index (κ2) is 13.6. The normalized spacial score (nSPS) is 16.3. The zero-order valence-corrected chi connectivity index (χ0v) is 23.0. The van der Waals surface area contributed by atoms with Crippen molar-refractivity contribution in [2.75, 3.05) is 49.2 Å². The van der Waals surface area contributed by atoms with Gasteiger partial charge in [-0.25, -0.2) is 4.99 Å². The van der Waals surface area contributed by atoms with E-state index >= 15 is 0 Å². The fourth-order valence-corrected chi connectivity index (χ4v) is 4.79. The number of anilines is 1. The van der Waals surface area contributed by atoms with Gasteiger partial charge in [-0.3, -0.25) is 4.90 Å². The first-order valence-electron chi connectivity index (χ1n) is 12.7. The Morgan fingerprint density at radius 1 is 1.03 bits per heavy atom. The number of rotatable bonds is 14. The molecule has 0 radical (unpaired) electrons. The number of ether oxygens (including phenoxy) is 2. The van der Waals surface area contributed by atoms with Crippen molar-refractivity contribution in [3.05, 3.63) is 48.3 Å². The number of aliphatic imine (C=N–C) groups is 1. The Kier molecular flexibility index (Phi) is 10.2. The molecule has 0 bridgehead atoms. The van der Waals surface area contributed by atoms with Gasteiger partial charge in [0.05, 0.1) is 12.6 Å². The van der Waals surface area contributed by atoms with E-state index in [2.05, 4.69) is 53.6 Å². The van der Waals surface area contributed by atoms with Crippen LogP contribution in [0.1, 0.15) is 32.6 Å². The van der Waals surface area contributed by atoms with Crippen LogP contribution < -0.4 is 14.8 Å². The number of hydrogen-bond acceptors (Lipinski definition) is 5. The van der Waals surface area contributed by atoms with Crippen LogP contribution in [0.5, 0.6) is 11.5 Å². The van der Waals surface area contributed by atoms with Crippen molar-refractivity contribution in [3.8, 4) is 11.5 Å². The first-order chi connectivity index (χ1) is 17.7. The summed E-state index contributed by atoms with van der Waals surface area (Å²) < 4.78 is 12.4. The summed E-state index contributed by atoms with van der Waals surface area (Å²) in [7, 11) is 0. The highest BCUT2D eigenvalue weighted by atomic mass is 35.5. The first kappa shape index (κ1) is 27.1. The van der Waals surface area contributed by atoms with Gasteiger partial charge in [0.1, 0.15) is 17.1 Å². The average Bonchev–Trinajstić information content (AvgIpc) is 2.90. The lowest BCUT2D eigenvalue weighted by Gasteiger charge is -2.31. The van der Waals surface area contributed by atoms with Gasteiger partial charge < -0.3 is 14.8 Å². The zero-order valence-electron chi connectivity index (χ0n) is 20.7. The molecule has 4 rings (SSSR count). The summed E-state index contributed by atoms with van der Waals surface area (Å²) in [5.74, 6) is 4.19. The maximum atomic E-state index is 6.49. The third-order valence-corrected chi connectivity index (χ3v) is 7.02. The van der Waals surface area contributed by atoms with E-state index in [1.165, 1.54) is 0 Å². The maximum absolute atomic E-state index is 6.49. The Labute approximate surface area is 229 Å². The topological polar surface area (TPSA) is 46.1 Å². The second-order valence-electron chi connectivity index (χ2n) is 8.90. The van der Waals surface area contributed by atoms with Gasteiger partial charge in [0.2, 0.25) is 0 Å². The van der Waals surface area contributed by atoms with Gasteiger partial charge in [-0.2, -0.15) is 0 Å². The van der Waals surface area contributed by atoms with Crippen LogP contribution in [-0.4, -0.2) is 60.5 Å². The van der Waals surface area contributed by atoms with Gasteiger partial charge in [0, 0.05) is 59.8 Å². The van der Waals surface area contributed by atoms with E-state index in [9.17, 15) is 0 Å². The van der Waals surface area contributed by atoms with E-state index in [-0.39, 0.29) is 6.04 Å². The van der Waals surface area contributed by atoms with Crippen molar-refractivity contribution in [1.82, 2.24) is 4.90 Å². The molecule has 0 aromatic heterocycles. The molecule has 1 aliphatic carbocycles. The SMILES string of the molecule is CCCNc1cc2c(c3cc(OCCCCl)ccc13)N=C1C=CC(N(CCCCl)CCCCl)C=C1O2. The first-order valence-corrected chi connectivity index (χ1v) is 14.3. The molecule has 8 heteroatoms. The van der Waals surface area contributed by atoms with Gasteiger partial charge in [0.15, 0.2) is 11.5 Å². The van der Waals surface area contributed by atoms with Gasteiger partial charge in [-0.15, -0.1) is 34.8 Å². The predicted octanol–water partition coefficient (Wildman–Crippen LogP) is 7.52. The zero-order chi connectivity index (χ0) is 25.3. The number of hydrogen-bond donors (Lipinski definition) is 1. The number of halogens is 3. The fourth-order valence-electron chi connectivity index (χ4n) is 4.45. The van der Waals surface area contributed by atoms with Crippen LogP contribution in [0.2, 0.25) is 0 Å².